The summed E-state index contributed by atoms with van der Waals surface area (Å²) in [5, 5.41) is 5.24. The first-order chi connectivity index (χ1) is 17.1. The standard InChI is InChI=1S/C28H30IN3O5/c1-15-8-11-20-18(12-15)28(23(33)31(20)24(34)36-26(2,3)4)14-19(28)16-9-10-17-21(13-16)32(30-22(17)29)25(35)37-27(5,6)7/h8-13,19H,14H2,1-7H3/t19-,28-/m0/s1. The molecule has 2 aliphatic rings. The molecule has 2 aromatic carbocycles. The van der Waals surface area contributed by atoms with Gasteiger partial charge in [0, 0.05) is 11.3 Å². The molecule has 1 aliphatic heterocycles. The molecular weight excluding hydrogens is 585 g/mol. The highest BCUT2D eigenvalue weighted by atomic mass is 127. The Labute approximate surface area is 229 Å². The number of hydrogen-bond donors (Lipinski definition) is 0. The van der Waals surface area contributed by atoms with Gasteiger partial charge in [-0.25, -0.2) is 14.5 Å². The van der Waals surface area contributed by atoms with Crippen LogP contribution in [0.25, 0.3) is 10.9 Å². The van der Waals surface area contributed by atoms with Gasteiger partial charge in [-0.2, -0.15) is 9.78 Å². The smallest absolute Gasteiger partial charge is 0.435 e. The molecule has 9 heteroatoms. The topological polar surface area (TPSA) is 90.7 Å². The van der Waals surface area contributed by atoms with Crippen molar-refractivity contribution in [1.82, 2.24) is 9.78 Å². The van der Waals surface area contributed by atoms with E-state index >= 15 is 0 Å². The molecule has 2 amide bonds. The Kier molecular flexibility index (Phi) is 5.75. The summed E-state index contributed by atoms with van der Waals surface area (Å²) in [6, 6.07) is 11.5. The van der Waals surface area contributed by atoms with Crippen molar-refractivity contribution in [1.29, 1.82) is 0 Å². The van der Waals surface area contributed by atoms with Crippen LogP contribution in [0.1, 0.15) is 70.6 Å². The van der Waals surface area contributed by atoms with Gasteiger partial charge in [-0.1, -0.05) is 23.8 Å². The van der Waals surface area contributed by atoms with Crippen molar-refractivity contribution in [3.8, 4) is 0 Å². The Morgan fingerprint density at radius 2 is 1.65 bits per heavy atom. The highest BCUT2D eigenvalue weighted by Gasteiger charge is 2.68. The number of fused-ring (bicyclic) bond motifs is 3. The highest BCUT2D eigenvalue weighted by molar-refractivity contribution is 14.1. The SMILES string of the molecule is Cc1ccc2c(c1)[C@]1(C[C@H]1c1ccc3c(I)nn(C(=O)OC(C)(C)C)c3c1)C(=O)N2C(=O)OC(C)(C)C. The molecule has 1 saturated carbocycles. The van der Waals surface area contributed by atoms with Crippen LogP contribution in [-0.2, 0) is 19.7 Å². The molecule has 5 rings (SSSR count). The summed E-state index contributed by atoms with van der Waals surface area (Å²) < 4.78 is 13.1. The summed E-state index contributed by atoms with van der Waals surface area (Å²) in [5.74, 6) is -0.431. The van der Waals surface area contributed by atoms with Crippen LogP contribution in [0.2, 0.25) is 0 Å². The van der Waals surface area contributed by atoms with Crippen molar-refractivity contribution in [2.75, 3.05) is 4.90 Å². The lowest BCUT2D eigenvalue weighted by Gasteiger charge is -2.24. The van der Waals surface area contributed by atoms with E-state index in [1.807, 2.05) is 64.1 Å². The molecule has 2 atom stereocenters. The van der Waals surface area contributed by atoms with Gasteiger partial charge < -0.3 is 9.47 Å². The Balaban J connectivity index is 1.56. The minimum Gasteiger partial charge on any atom is -0.443 e. The number of halogens is 1. The Morgan fingerprint density at radius 3 is 2.30 bits per heavy atom. The van der Waals surface area contributed by atoms with E-state index in [0.717, 1.165) is 22.1 Å². The normalized spacial score (nSPS) is 20.9. The zero-order valence-corrected chi connectivity index (χ0v) is 24.2. The Morgan fingerprint density at radius 1 is 1.00 bits per heavy atom. The van der Waals surface area contributed by atoms with Crippen LogP contribution in [0.3, 0.4) is 0 Å². The molecule has 37 heavy (non-hydrogen) atoms. The first-order valence-corrected chi connectivity index (χ1v) is 13.3. The summed E-state index contributed by atoms with van der Waals surface area (Å²) in [5.41, 5.74) is 1.69. The zero-order valence-electron chi connectivity index (χ0n) is 22.0. The van der Waals surface area contributed by atoms with Crippen LogP contribution in [0.4, 0.5) is 15.3 Å². The number of nitrogens with zero attached hydrogens (tertiary/aromatic N) is 3. The molecule has 0 bridgehead atoms. The fraction of sp³-hybridized carbons (Fsp3) is 0.429. The molecule has 194 valence electrons. The van der Waals surface area contributed by atoms with Gasteiger partial charge in [-0.3, -0.25) is 4.79 Å². The largest absolute Gasteiger partial charge is 0.443 e. The summed E-state index contributed by atoms with van der Waals surface area (Å²) >= 11 is 2.10. The lowest BCUT2D eigenvalue weighted by Crippen LogP contribution is -2.41. The molecule has 1 fully saturated rings. The van der Waals surface area contributed by atoms with Crippen molar-refractivity contribution >= 4 is 57.3 Å². The number of hydrogen-bond acceptors (Lipinski definition) is 6. The summed E-state index contributed by atoms with van der Waals surface area (Å²) in [4.78, 5) is 41.1. The molecular formula is C28H30IN3O5. The van der Waals surface area contributed by atoms with Crippen molar-refractivity contribution in [2.45, 2.75) is 77.4 Å². The number of ether oxygens (including phenoxy) is 2. The average Bonchev–Trinajstić information content (AvgIpc) is 3.37. The Hall–Kier alpha value is -2.95. The third-order valence-corrected chi connectivity index (χ3v) is 7.42. The zero-order chi connectivity index (χ0) is 27.1. The van der Waals surface area contributed by atoms with Gasteiger partial charge in [0.2, 0.25) is 5.91 Å². The predicted octanol–water partition coefficient (Wildman–Crippen LogP) is 6.44. The second kappa shape index (κ2) is 8.28. The molecule has 1 aliphatic carbocycles. The highest BCUT2D eigenvalue weighted by Crippen LogP contribution is 2.66. The average molecular weight is 615 g/mol. The van der Waals surface area contributed by atoms with E-state index in [-0.39, 0.29) is 11.8 Å². The summed E-state index contributed by atoms with van der Waals surface area (Å²) in [6.45, 7) is 12.7. The van der Waals surface area contributed by atoms with Crippen molar-refractivity contribution in [2.24, 2.45) is 0 Å². The fourth-order valence-electron chi connectivity index (χ4n) is 5.07. The fourth-order valence-corrected chi connectivity index (χ4v) is 5.74. The van der Waals surface area contributed by atoms with Crippen LogP contribution in [-0.4, -0.2) is 39.1 Å². The number of aryl methyl sites for hydroxylation is 1. The quantitative estimate of drug-likeness (QED) is 0.293. The van der Waals surface area contributed by atoms with Gasteiger partial charge in [-0.15, -0.1) is 0 Å². The van der Waals surface area contributed by atoms with Crippen LogP contribution in [0.15, 0.2) is 36.4 Å². The van der Waals surface area contributed by atoms with E-state index < -0.39 is 28.8 Å². The lowest BCUT2D eigenvalue weighted by atomic mass is 9.91. The van der Waals surface area contributed by atoms with Crippen LogP contribution in [0, 0.1) is 10.6 Å². The second-order valence-corrected chi connectivity index (χ2v) is 12.9. The number of aromatic nitrogens is 2. The van der Waals surface area contributed by atoms with E-state index in [1.54, 1.807) is 20.8 Å². The van der Waals surface area contributed by atoms with Crippen molar-refractivity contribution < 1.29 is 23.9 Å². The third-order valence-electron chi connectivity index (χ3n) is 6.62. The minimum atomic E-state index is -0.851. The number of anilines is 1. The number of rotatable bonds is 1. The van der Waals surface area contributed by atoms with Crippen molar-refractivity contribution in [3.63, 3.8) is 0 Å². The van der Waals surface area contributed by atoms with E-state index in [2.05, 4.69) is 27.7 Å². The molecule has 3 aromatic rings. The molecule has 1 aromatic heterocycles. The maximum atomic E-state index is 13.9. The first kappa shape index (κ1) is 25.7. The van der Waals surface area contributed by atoms with Gasteiger partial charge in [-0.05, 0) is 107 Å². The van der Waals surface area contributed by atoms with Crippen LogP contribution >= 0.6 is 22.6 Å². The molecule has 0 N–H and O–H groups in total. The van der Waals surface area contributed by atoms with Crippen LogP contribution < -0.4 is 4.90 Å². The monoisotopic (exact) mass is 615 g/mol. The number of amides is 2. The number of imide groups is 1. The summed E-state index contributed by atoms with van der Waals surface area (Å²) in [7, 11) is 0. The van der Waals surface area contributed by atoms with E-state index in [0.29, 0.717) is 21.3 Å². The van der Waals surface area contributed by atoms with E-state index in [1.165, 1.54) is 9.58 Å². The second-order valence-electron chi connectivity index (χ2n) is 11.8. The number of carbonyl (C=O) groups excluding carboxylic acids is 3. The third kappa shape index (κ3) is 4.30. The molecule has 0 radical (unpaired) electrons. The molecule has 2 heterocycles. The molecule has 8 nitrogen and oxygen atoms in total. The number of carbonyl (C=O) groups is 3. The minimum absolute atomic E-state index is 0.156. The van der Waals surface area contributed by atoms with Crippen molar-refractivity contribution in [3.05, 3.63) is 56.8 Å². The molecule has 0 unspecified atom stereocenters. The maximum absolute atomic E-state index is 13.9. The van der Waals surface area contributed by atoms with Gasteiger partial charge in [0.1, 0.15) is 14.9 Å². The maximum Gasteiger partial charge on any atom is 0.435 e. The van der Waals surface area contributed by atoms with Gasteiger partial charge in [0.25, 0.3) is 0 Å². The number of benzene rings is 2. The molecule has 1 spiro atoms. The van der Waals surface area contributed by atoms with Gasteiger partial charge >= 0.3 is 12.2 Å². The predicted molar refractivity (Wildman–Crippen MR) is 148 cm³/mol. The van der Waals surface area contributed by atoms with Crippen LogP contribution in [0.5, 0.6) is 0 Å². The Bertz CT molecular complexity index is 1480. The first-order valence-electron chi connectivity index (χ1n) is 12.2. The van der Waals surface area contributed by atoms with Gasteiger partial charge in [0.05, 0.1) is 16.6 Å². The summed E-state index contributed by atoms with van der Waals surface area (Å²) in [6.07, 6.45) is -0.666. The van der Waals surface area contributed by atoms with E-state index in [4.69, 9.17) is 9.47 Å². The van der Waals surface area contributed by atoms with Gasteiger partial charge in [0.15, 0.2) is 0 Å². The van der Waals surface area contributed by atoms with E-state index in [9.17, 15) is 14.4 Å². The molecule has 0 saturated heterocycles. The lowest BCUT2D eigenvalue weighted by molar-refractivity contribution is -0.120.